The number of fused-ring (bicyclic) bond motifs is 1. The fourth-order valence-electron chi connectivity index (χ4n) is 5.25. The molecule has 0 spiro atoms. The number of allylic oxidation sites excluding steroid dienone is 1. The number of carbonyl (C=O) groups excluding carboxylic acids is 2. The summed E-state index contributed by atoms with van der Waals surface area (Å²) in [6.07, 6.45) is -4.27. The van der Waals surface area contributed by atoms with Crippen molar-refractivity contribution in [2.45, 2.75) is 25.6 Å². The molecule has 0 bridgehead atoms. The standard InChI is InChI=1S/C30H32F3N7O4.CH2O2/c1-18-25(27(42)44-6)26(23-11-10-19(16-34)14-20(23)12-13-40(4,5)17-24(41)37(2)3)39-28(35-36-29(39)43)38(18)22-9-7-8-21(15-22)30(31,32)33;2-1-3/h7-11,14-15,26H,12-13,17H2,1-6H3;1H,(H,2,3)/p+1/t26-;/m1./s1. The summed E-state index contributed by atoms with van der Waals surface area (Å²) in [7, 11) is 8.30. The van der Waals surface area contributed by atoms with Gasteiger partial charge < -0.3 is 19.2 Å². The van der Waals surface area contributed by atoms with E-state index in [1.807, 2.05) is 14.1 Å². The number of H-pyrrole nitrogens is 1. The number of quaternary nitrogens is 1. The zero-order valence-electron chi connectivity index (χ0n) is 26.6. The average molecular weight is 659 g/mol. The molecule has 1 aliphatic heterocycles. The number of hydrogen-bond acceptors (Lipinski definition) is 8. The van der Waals surface area contributed by atoms with Crippen molar-refractivity contribution >= 4 is 30.0 Å². The Morgan fingerprint density at radius 3 is 2.45 bits per heavy atom. The summed E-state index contributed by atoms with van der Waals surface area (Å²) in [6.45, 7) is 1.97. The number of nitrogens with one attached hydrogen (secondary N) is 1. The molecule has 0 unspecified atom stereocenters. The molecule has 2 N–H and O–H groups in total. The fraction of sp³-hybridized carbons (Fsp3) is 0.355. The third-order valence-corrected chi connectivity index (χ3v) is 7.59. The van der Waals surface area contributed by atoms with Crippen LogP contribution in [0.5, 0.6) is 0 Å². The largest absolute Gasteiger partial charge is 0.483 e. The van der Waals surface area contributed by atoms with Crippen molar-refractivity contribution < 1.29 is 41.9 Å². The molecule has 13 nitrogen and oxygen atoms in total. The van der Waals surface area contributed by atoms with Gasteiger partial charge in [-0.15, -0.1) is 5.10 Å². The number of likely N-dealkylation sites (N-methyl/N-ethyl adjacent to an activating group) is 2. The number of hydrogen-bond donors (Lipinski definition) is 2. The van der Waals surface area contributed by atoms with E-state index in [0.29, 0.717) is 34.1 Å². The summed E-state index contributed by atoms with van der Waals surface area (Å²) >= 11 is 0. The molecule has 0 radical (unpaired) electrons. The minimum atomic E-state index is -4.64. The lowest BCUT2D eigenvalue weighted by atomic mass is 9.89. The number of anilines is 2. The van der Waals surface area contributed by atoms with Gasteiger partial charge in [0.05, 0.1) is 50.5 Å². The molecule has 1 aliphatic rings. The molecule has 0 saturated carbocycles. The molecule has 1 atom stereocenters. The topological polar surface area (TPSA) is 162 Å². The predicted octanol–water partition coefficient (Wildman–Crippen LogP) is 3.06. The van der Waals surface area contributed by atoms with Crippen LogP contribution in [0.25, 0.3) is 0 Å². The van der Waals surface area contributed by atoms with E-state index < -0.39 is 29.4 Å². The molecule has 2 aromatic carbocycles. The smallest absolute Gasteiger partial charge is 0.416 e. The maximum Gasteiger partial charge on any atom is 0.416 e. The second-order valence-corrected chi connectivity index (χ2v) is 11.5. The number of nitrogens with zero attached hydrogens (tertiary/aromatic N) is 6. The lowest BCUT2D eigenvalue weighted by Gasteiger charge is -2.36. The number of methoxy groups -OCH3 is 1. The van der Waals surface area contributed by atoms with Crippen LogP contribution in [0, 0.1) is 11.3 Å². The van der Waals surface area contributed by atoms with Crippen LogP contribution in [0.15, 0.2) is 58.5 Å². The van der Waals surface area contributed by atoms with Crippen molar-refractivity contribution in [2.24, 2.45) is 0 Å². The van der Waals surface area contributed by atoms with E-state index in [0.717, 1.165) is 12.1 Å². The Balaban J connectivity index is 0.00000192. The van der Waals surface area contributed by atoms with E-state index >= 15 is 0 Å². The Bertz CT molecular complexity index is 1790. The van der Waals surface area contributed by atoms with Gasteiger partial charge in [0.2, 0.25) is 5.95 Å². The van der Waals surface area contributed by atoms with Crippen molar-refractivity contribution in [3.05, 3.63) is 86.5 Å². The second kappa shape index (κ2) is 14.3. The van der Waals surface area contributed by atoms with Crippen molar-refractivity contribution in [3.8, 4) is 6.07 Å². The molecule has 250 valence electrons. The van der Waals surface area contributed by atoms with Crippen molar-refractivity contribution in [1.29, 1.82) is 5.26 Å². The van der Waals surface area contributed by atoms with Crippen LogP contribution in [-0.2, 0) is 31.7 Å². The summed E-state index contributed by atoms with van der Waals surface area (Å²) in [6, 6.07) is 10.4. The van der Waals surface area contributed by atoms with Gasteiger partial charge in [0, 0.05) is 31.9 Å². The number of carboxylic acid groups (broad SMARTS) is 1. The van der Waals surface area contributed by atoms with Gasteiger partial charge in [-0.2, -0.15) is 18.4 Å². The molecule has 1 amide bonds. The summed E-state index contributed by atoms with van der Waals surface area (Å²) in [4.78, 5) is 50.3. The first-order valence-electron chi connectivity index (χ1n) is 14.1. The van der Waals surface area contributed by atoms with E-state index in [-0.39, 0.29) is 41.8 Å². The number of benzene rings is 2. The van der Waals surface area contributed by atoms with Gasteiger partial charge in [-0.1, -0.05) is 12.1 Å². The Morgan fingerprint density at radius 2 is 1.87 bits per heavy atom. The van der Waals surface area contributed by atoms with Crippen LogP contribution in [0.1, 0.15) is 35.2 Å². The third kappa shape index (κ3) is 7.87. The Hall–Kier alpha value is -5.43. The van der Waals surface area contributed by atoms with Gasteiger partial charge >= 0.3 is 17.8 Å². The SMILES string of the molecule is COC(=O)C1=C(C)N(c2cccc(C(F)(F)F)c2)c2n[nH]c(=O)n2[C@@H]1c1ccc(C#N)cc1CC[N+](C)(C)CC(=O)N(C)C.O=CO. The first-order chi connectivity index (χ1) is 22.0. The number of alkyl halides is 3. The Labute approximate surface area is 268 Å². The minimum absolute atomic E-state index is 0.00315. The van der Waals surface area contributed by atoms with E-state index in [9.17, 15) is 32.8 Å². The molecule has 0 aliphatic carbocycles. The first-order valence-corrected chi connectivity index (χ1v) is 14.1. The molecule has 4 rings (SSSR count). The molecule has 47 heavy (non-hydrogen) atoms. The van der Waals surface area contributed by atoms with Crippen LogP contribution < -0.4 is 10.6 Å². The van der Waals surface area contributed by atoms with Gasteiger partial charge in [0.25, 0.3) is 12.4 Å². The van der Waals surface area contributed by atoms with Crippen LogP contribution in [0.4, 0.5) is 24.8 Å². The van der Waals surface area contributed by atoms with E-state index in [4.69, 9.17) is 14.6 Å². The van der Waals surface area contributed by atoms with E-state index in [1.54, 1.807) is 39.2 Å². The highest BCUT2D eigenvalue weighted by atomic mass is 19.4. The lowest BCUT2D eigenvalue weighted by molar-refractivity contribution is -0.882. The molecular formula is C31H35F3N7O6+. The number of aromatic nitrogens is 3. The maximum absolute atomic E-state index is 13.6. The number of aromatic amines is 1. The van der Waals surface area contributed by atoms with Crippen LogP contribution in [0.3, 0.4) is 0 Å². The highest BCUT2D eigenvalue weighted by Crippen LogP contribution is 2.43. The summed E-state index contributed by atoms with van der Waals surface area (Å²) in [5.41, 5.74) is 0.0891. The number of ether oxygens (including phenoxy) is 1. The molecule has 0 fully saturated rings. The highest BCUT2D eigenvalue weighted by molar-refractivity contribution is 5.93. The van der Waals surface area contributed by atoms with Crippen LogP contribution >= 0.6 is 0 Å². The number of carbonyl (C=O) groups is 3. The van der Waals surface area contributed by atoms with Gasteiger partial charge in [0.1, 0.15) is 6.04 Å². The van der Waals surface area contributed by atoms with Gasteiger partial charge in [-0.05, 0) is 48.4 Å². The fourth-order valence-corrected chi connectivity index (χ4v) is 5.25. The second-order valence-electron chi connectivity index (χ2n) is 11.5. The number of nitriles is 1. The monoisotopic (exact) mass is 658 g/mol. The third-order valence-electron chi connectivity index (χ3n) is 7.59. The quantitative estimate of drug-likeness (QED) is 0.211. The summed E-state index contributed by atoms with van der Waals surface area (Å²) < 4.78 is 47.5. The van der Waals surface area contributed by atoms with Crippen molar-refractivity contribution in [2.75, 3.05) is 53.3 Å². The molecular weight excluding hydrogens is 623 g/mol. The number of halogens is 3. The Morgan fingerprint density at radius 1 is 1.21 bits per heavy atom. The molecule has 3 aromatic rings. The molecule has 1 aromatic heterocycles. The normalized spacial score (nSPS) is 14.4. The van der Waals surface area contributed by atoms with Crippen molar-refractivity contribution in [1.82, 2.24) is 19.7 Å². The summed E-state index contributed by atoms with van der Waals surface area (Å²) in [5.74, 6) is -0.900. The minimum Gasteiger partial charge on any atom is -0.483 e. The number of amides is 1. The summed E-state index contributed by atoms with van der Waals surface area (Å²) in [5, 5.41) is 23.1. The number of esters is 1. The zero-order chi connectivity index (χ0) is 35.3. The highest BCUT2D eigenvalue weighted by Gasteiger charge is 2.41. The molecule has 0 saturated heterocycles. The van der Waals surface area contributed by atoms with Crippen LogP contribution in [0.2, 0.25) is 0 Å². The van der Waals surface area contributed by atoms with Crippen LogP contribution in [-0.4, -0.2) is 96.0 Å². The van der Waals surface area contributed by atoms with E-state index in [1.165, 1.54) is 33.6 Å². The molecule has 16 heteroatoms. The van der Waals surface area contributed by atoms with Gasteiger partial charge in [-0.3, -0.25) is 14.5 Å². The van der Waals surface area contributed by atoms with E-state index in [2.05, 4.69) is 16.3 Å². The zero-order valence-corrected chi connectivity index (χ0v) is 26.6. The Kier molecular flexibility index (Phi) is 11.0. The average Bonchev–Trinajstić information content (AvgIpc) is 3.39. The first kappa shape index (κ1) is 36.0. The number of rotatable bonds is 8. The molecule has 2 heterocycles. The van der Waals surface area contributed by atoms with Crippen molar-refractivity contribution in [3.63, 3.8) is 0 Å². The maximum atomic E-state index is 13.6. The van der Waals surface area contributed by atoms with Gasteiger partial charge in [-0.25, -0.2) is 19.3 Å². The predicted molar refractivity (Wildman–Crippen MR) is 163 cm³/mol. The van der Waals surface area contributed by atoms with Gasteiger partial charge in [0.15, 0.2) is 6.54 Å². The lowest BCUT2D eigenvalue weighted by Crippen LogP contribution is -2.48.